The van der Waals surface area contributed by atoms with Gasteiger partial charge in [-0.05, 0) is 52.6 Å². The summed E-state index contributed by atoms with van der Waals surface area (Å²) in [6.07, 6.45) is 0. The van der Waals surface area contributed by atoms with Gasteiger partial charge in [0.05, 0.1) is 26.3 Å². The first-order valence-electron chi connectivity index (χ1n) is 8.22. The summed E-state index contributed by atoms with van der Waals surface area (Å²) in [6, 6.07) is 18.2. The summed E-state index contributed by atoms with van der Waals surface area (Å²) in [7, 11) is 4.72. The summed E-state index contributed by atoms with van der Waals surface area (Å²) < 4.78 is 16.2. The lowest BCUT2D eigenvalue weighted by molar-refractivity contribution is -0.384. The van der Waals surface area contributed by atoms with E-state index in [1.165, 1.54) is 12.1 Å². The van der Waals surface area contributed by atoms with E-state index in [0.717, 1.165) is 22.3 Å². The van der Waals surface area contributed by atoms with Gasteiger partial charge in [0, 0.05) is 12.1 Å². The molecule has 0 fully saturated rings. The van der Waals surface area contributed by atoms with E-state index in [9.17, 15) is 10.1 Å². The van der Waals surface area contributed by atoms with Crippen LogP contribution in [0.25, 0.3) is 22.3 Å². The van der Waals surface area contributed by atoms with Crippen molar-refractivity contribution in [2.75, 3.05) is 21.3 Å². The quantitative estimate of drug-likeness (QED) is 0.456. The van der Waals surface area contributed by atoms with Crippen molar-refractivity contribution in [1.82, 2.24) is 0 Å². The molecule has 6 nitrogen and oxygen atoms in total. The zero-order chi connectivity index (χ0) is 19.4. The van der Waals surface area contributed by atoms with Gasteiger partial charge in [0.1, 0.15) is 0 Å². The van der Waals surface area contributed by atoms with Crippen molar-refractivity contribution < 1.29 is 19.1 Å². The molecule has 0 aliphatic carbocycles. The van der Waals surface area contributed by atoms with Gasteiger partial charge in [-0.25, -0.2) is 0 Å². The SMILES string of the molecule is COc1cc(-c2cccc(-c3ccc([N+](=O)[O-])cc3)c2)cc(OC)c1OC. The first-order chi connectivity index (χ1) is 13.1. The molecule has 3 aromatic carbocycles. The van der Waals surface area contributed by atoms with Crippen LogP contribution < -0.4 is 14.2 Å². The van der Waals surface area contributed by atoms with Crippen LogP contribution in [-0.2, 0) is 0 Å². The summed E-state index contributed by atoms with van der Waals surface area (Å²) in [5.41, 5.74) is 3.80. The van der Waals surface area contributed by atoms with E-state index in [1.807, 2.05) is 36.4 Å². The first-order valence-corrected chi connectivity index (χ1v) is 8.22. The van der Waals surface area contributed by atoms with E-state index in [2.05, 4.69) is 0 Å². The van der Waals surface area contributed by atoms with Crippen LogP contribution in [-0.4, -0.2) is 26.3 Å². The van der Waals surface area contributed by atoms with Crippen LogP contribution in [0, 0.1) is 10.1 Å². The number of hydrogen-bond acceptors (Lipinski definition) is 5. The molecule has 0 bridgehead atoms. The maximum Gasteiger partial charge on any atom is 0.269 e. The fourth-order valence-corrected chi connectivity index (χ4v) is 2.90. The fourth-order valence-electron chi connectivity index (χ4n) is 2.90. The molecule has 0 atom stereocenters. The summed E-state index contributed by atoms with van der Waals surface area (Å²) in [4.78, 5) is 10.4. The van der Waals surface area contributed by atoms with Gasteiger partial charge in [-0.15, -0.1) is 0 Å². The maximum atomic E-state index is 10.8. The molecular weight excluding hydrogens is 346 g/mol. The highest BCUT2D eigenvalue weighted by Crippen LogP contribution is 2.41. The molecule has 0 unspecified atom stereocenters. The second kappa shape index (κ2) is 7.78. The highest BCUT2D eigenvalue weighted by atomic mass is 16.6. The molecule has 3 rings (SSSR count). The van der Waals surface area contributed by atoms with Gasteiger partial charge < -0.3 is 14.2 Å². The third kappa shape index (κ3) is 3.69. The van der Waals surface area contributed by atoms with Gasteiger partial charge in [0.15, 0.2) is 11.5 Å². The van der Waals surface area contributed by atoms with Gasteiger partial charge in [0.25, 0.3) is 5.69 Å². The van der Waals surface area contributed by atoms with Crippen molar-refractivity contribution >= 4 is 5.69 Å². The monoisotopic (exact) mass is 365 g/mol. The maximum absolute atomic E-state index is 10.8. The molecule has 6 heteroatoms. The Kier molecular flexibility index (Phi) is 5.26. The van der Waals surface area contributed by atoms with Crippen LogP contribution in [0.1, 0.15) is 0 Å². The van der Waals surface area contributed by atoms with Gasteiger partial charge in [-0.2, -0.15) is 0 Å². The van der Waals surface area contributed by atoms with Crippen LogP contribution >= 0.6 is 0 Å². The van der Waals surface area contributed by atoms with Gasteiger partial charge in [-0.3, -0.25) is 10.1 Å². The van der Waals surface area contributed by atoms with Crippen molar-refractivity contribution in [3.63, 3.8) is 0 Å². The predicted molar refractivity (Wildman–Crippen MR) is 104 cm³/mol. The Bertz CT molecular complexity index is 942. The zero-order valence-electron chi connectivity index (χ0n) is 15.3. The fraction of sp³-hybridized carbons (Fsp3) is 0.143. The van der Waals surface area contributed by atoms with Crippen molar-refractivity contribution in [3.8, 4) is 39.5 Å². The lowest BCUT2D eigenvalue weighted by Crippen LogP contribution is -1.95. The second-order valence-electron chi connectivity index (χ2n) is 5.80. The van der Waals surface area contributed by atoms with Crippen molar-refractivity contribution in [2.24, 2.45) is 0 Å². The second-order valence-corrected chi connectivity index (χ2v) is 5.80. The Morgan fingerprint density at radius 2 is 1.26 bits per heavy atom. The van der Waals surface area contributed by atoms with Crippen LogP contribution in [0.4, 0.5) is 5.69 Å². The normalized spacial score (nSPS) is 10.3. The number of ether oxygens (including phenoxy) is 3. The van der Waals surface area contributed by atoms with Crippen molar-refractivity contribution in [2.45, 2.75) is 0 Å². The number of non-ortho nitro benzene ring substituents is 1. The lowest BCUT2D eigenvalue weighted by Gasteiger charge is -2.14. The topological polar surface area (TPSA) is 70.8 Å². The average Bonchev–Trinajstić information content (AvgIpc) is 2.72. The largest absolute Gasteiger partial charge is 0.493 e. The predicted octanol–water partition coefficient (Wildman–Crippen LogP) is 4.95. The molecule has 0 heterocycles. The summed E-state index contributed by atoms with van der Waals surface area (Å²) >= 11 is 0. The van der Waals surface area contributed by atoms with Gasteiger partial charge in [-0.1, -0.05) is 18.2 Å². The summed E-state index contributed by atoms with van der Waals surface area (Å²) in [5, 5.41) is 10.8. The van der Waals surface area contributed by atoms with E-state index >= 15 is 0 Å². The number of nitro groups is 1. The molecule has 0 amide bonds. The molecule has 138 valence electrons. The number of rotatable bonds is 6. The molecule has 0 aliphatic rings. The van der Waals surface area contributed by atoms with Gasteiger partial charge >= 0.3 is 0 Å². The molecule has 0 radical (unpaired) electrons. The molecule has 27 heavy (non-hydrogen) atoms. The Hall–Kier alpha value is -3.54. The highest BCUT2D eigenvalue weighted by molar-refractivity contribution is 5.76. The molecule has 0 aliphatic heterocycles. The summed E-state index contributed by atoms with van der Waals surface area (Å²) in [5.74, 6) is 1.69. The van der Waals surface area contributed by atoms with Crippen molar-refractivity contribution in [1.29, 1.82) is 0 Å². The highest BCUT2D eigenvalue weighted by Gasteiger charge is 2.14. The van der Waals surface area contributed by atoms with E-state index in [1.54, 1.807) is 33.5 Å². The zero-order valence-corrected chi connectivity index (χ0v) is 15.3. The Morgan fingerprint density at radius 3 is 1.74 bits per heavy atom. The molecule has 3 aromatic rings. The molecule has 0 aromatic heterocycles. The molecular formula is C21H19NO5. The Labute approximate surface area is 157 Å². The van der Waals surface area contributed by atoms with Crippen LogP contribution in [0.3, 0.4) is 0 Å². The Morgan fingerprint density at radius 1 is 0.704 bits per heavy atom. The summed E-state index contributed by atoms with van der Waals surface area (Å²) in [6.45, 7) is 0. The minimum atomic E-state index is -0.407. The molecule has 0 saturated heterocycles. The molecule has 0 saturated carbocycles. The number of methoxy groups -OCH3 is 3. The minimum absolute atomic E-state index is 0.0690. The van der Waals surface area contributed by atoms with Crippen LogP contribution in [0.15, 0.2) is 60.7 Å². The standard InChI is InChI=1S/C21H19NO5/c1-25-19-12-17(13-20(26-2)21(19)27-3)16-6-4-5-15(11-16)14-7-9-18(10-8-14)22(23)24/h4-13H,1-3H3. The van der Waals surface area contributed by atoms with Gasteiger partial charge in [0.2, 0.25) is 5.75 Å². The smallest absolute Gasteiger partial charge is 0.269 e. The third-order valence-corrected chi connectivity index (χ3v) is 4.27. The number of hydrogen-bond donors (Lipinski definition) is 0. The molecule has 0 N–H and O–H groups in total. The first kappa shape index (κ1) is 18.3. The van der Waals surface area contributed by atoms with Crippen LogP contribution in [0.5, 0.6) is 17.2 Å². The number of nitrogens with zero attached hydrogens (tertiary/aromatic N) is 1. The number of benzene rings is 3. The third-order valence-electron chi connectivity index (χ3n) is 4.27. The van der Waals surface area contributed by atoms with E-state index in [0.29, 0.717) is 17.2 Å². The Balaban J connectivity index is 2.04. The average molecular weight is 365 g/mol. The van der Waals surface area contributed by atoms with Crippen LogP contribution in [0.2, 0.25) is 0 Å². The lowest BCUT2D eigenvalue weighted by atomic mass is 9.98. The molecule has 0 spiro atoms. The minimum Gasteiger partial charge on any atom is -0.493 e. The van der Waals surface area contributed by atoms with E-state index < -0.39 is 4.92 Å². The van der Waals surface area contributed by atoms with E-state index in [4.69, 9.17) is 14.2 Å². The number of nitro benzene ring substituents is 1. The van der Waals surface area contributed by atoms with Crippen molar-refractivity contribution in [3.05, 3.63) is 70.8 Å². The van der Waals surface area contributed by atoms with E-state index in [-0.39, 0.29) is 5.69 Å².